The summed E-state index contributed by atoms with van der Waals surface area (Å²) in [5, 5.41) is 5.79. The number of quaternary nitrogens is 2. The quantitative estimate of drug-likeness (QED) is 0.520. The molecule has 1 atom stereocenters. The van der Waals surface area contributed by atoms with Crippen molar-refractivity contribution in [2.45, 2.75) is 18.9 Å². The molecule has 2 aromatic rings. The minimum absolute atomic E-state index is 0.00536. The summed E-state index contributed by atoms with van der Waals surface area (Å²) >= 11 is 0. The van der Waals surface area contributed by atoms with E-state index in [0.717, 1.165) is 18.6 Å². The van der Waals surface area contributed by atoms with Crippen LogP contribution in [0.2, 0.25) is 0 Å². The van der Waals surface area contributed by atoms with Crippen LogP contribution < -0.4 is 25.2 Å². The van der Waals surface area contributed by atoms with Crippen LogP contribution in [0, 0.1) is 0 Å². The minimum atomic E-state index is -0.202. The van der Waals surface area contributed by atoms with Crippen molar-refractivity contribution in [2.24, 2.45) is 0 Å². The summed E-state index contributed by atoms with van der Waals surface area (Å²) in [7, 11) is 5.92. The number of likely N-dealkylation sites (N-methyl/N-ethyl adjacent to an activating group) is 1. The van der Waals surface area contributed by atoms with Crippen molar-refractivity contribution in [3.05, 3.63) is 54.1 Å². The molecule has 3 rings (SSSR count). The number of piperidine rings is 1. The molecule has 1 saturated heterocycles. The van der Waals surface area contributed by atoms with Crippen molar-refractivity contribution >= 4 is 23.2 Å². The summed E-state index contributed by atoms with van der Waals surface area (Å²) in [5.41, 5.74) is 1.92. The zero-order valence-electron chi connectivity index (χ0n) is 18.0. The monoisotopic (exact) mass is 412 g/mol. The van der Waals surface area contributed by atoms with E-state index in [9.17, 15) is 9.59 Å². The second kappa shape index (κ2) is 10.2. The fraction of sp³-hybridized carbons (Fsp3) is 0.391. The van der Waals surface area contributed by atoms with Crippen molar-refractivity contribution in [1.29, 1.82) is 0 Å². The Morgan fingerprint density at radius 1 is 1.00 bits per heavy atom. The third kappa shape index (κ3) is 6.05. The largest absolute Gasteiger partial charge is 0.497 e. The molecule has 30 heavy (non-hydrogen) atoms. The van der Waals surface area contributed by atoms with Crippen LogP contribution in [-0.4, -0.2) is 58.7 Å². The van der Waals surface area contributed by atoms with Crippen molar-refractivity contribution in [1.82, 2.24) is 0 Å². The van der Waals surface area contributed by atoms with Gasteiger partial charge in [0.1, 0.15) is 5.75 Å². The third-order valence-corrected chi connectivity index (χ3v) is 5.75. The first kappa shape index (κ1) is 21.8. The van der Waals surface area contributed by atoms with E-state index in [1.807, 2.05) is 0 Å². The molecule has 1 aliphatic heterocycles. The molecule has 0 spiro atoms. The summed E-state index contributed by atoms with van der Waals surface area (Å²) in [6.45, 7) is 2.79. The summed E-state index contributed by atoms with van der Waals surface area (Å²) in [5.74, 6) is 0.526. The molecule has 1 heterocycles. The zero-order valence-corrected chi connectivity index (χ0v) is 18.0. The van der Waals surface area contributed by atoms with Crippen LogP contribution >= 0.6 is 0 Å². The number of likely N-dealkylation sites (tertiary alicyclic amines) is 1. The lowest BCUT2D eigenvalue weighted by atomic mass is 10.0. The van der Waals surface area contributed by atoms with E-state index >= 15 is 0 Å². The maximum absolute atomic E-state index is 12.4. The summed E-state index contributed by atoms with van der Waals surface area (Å²) in [4.78, 5) is 27.7. The second-order valence-corrected chi connectivity index (χ2v) is 8.06. The molecule has 160 valence electrons. The van der Waals surface area contributed by atoms with Gasteiger partial charge in [0.2, 0.25) is 0 Å². The van der Waals surface area contributed by atoms with Crippen molar-refractivity contribution in [3.8, 4) is 5.75 Å². The van der Waals surface area contributed by atoms with E-state index < -0.39 is 0 Å². The first-order valence-electron chi connectivity index (χ1n) is 10.4. The van der Waals surface area contributed by atoms with Crippen molar-refractivity contribution in [3.63, 3.8) is 0 Å². The molecule has 0 aromatic heterocycles. The van der Waals surface area contributed by atoms with Crippen LogP contribution in [-0.2, 0) is 4.79 Å². The van der Waals surface area contributed by atoms with E-state index in [1.54, 1.807) is 60.5 Å². The average Bonchev–Trinajstić information content (AvgIpc) is 2.75. The molecular formula is C23H32N4O3+2. The molecule has 4 N–H and O–H groups in total. The third-order valence-electron chi connectivity index (χ3n) is 5.75. The average molecular weight is 413 g/mol. The lowest BCUT2D eigenvalue weighted by Crippen LogP contribution is -3.18. The normalized spacial score (nSPS) is 19.6. The van der Waals surface area contributed by atoms with Crippen LogP contribution in [0.25, 0.3) is 0 Å². The number of hydrogen-bond acceptors (Lipinski definition) is 3. The van der Waals surface area contributed by atoms with E-state index in [4.69, 9.17) is 4.74 Å². The molecule has 7 nitrogen and oxygen atoms in total. The van der Waals surface area contributed by atoms with Crippen molar-refractivity contribution in [2.75, 3.05) is 51.5 Å². The van der Waals surface area contributed by atoms with Gasteiger partial charge in [-0.2, -0.15) is 0 Å². The van der Waals surface area contributed by atoms with E-state index in [0.29, 0.717) is 29.5 Å². The topological polar surface area (TPSA) is 76.3 Å². The predicted octanol–water partition coefficient (Wildman–Crippen LogP) is 0.0778. The van der Waals surface area contributed by atoms with Gasteiger partial charge in [-0.3, -0.25) is 9.59 Å². The van der Waals surface area contributed by atoms with E-state index in [1.165, 1.54) is 18.0 Å². The Balaban J connectivity index is 1.49. The van der Waals surface area contributed by atoms with Crippen LogP contribution in [0.15, 0.2) is 48.5 Å². The Morgan fingerprint density at radius 2 is 1.57 bits per heavy atom. The van der Waals surface area contributed by atoms with E-state index in [2.05, 4.69) is 24.7 Å². The summed E-state index contributed by atoms with van der Waals surface area (Å²) < 4.78 is 5.12. The molecule has 0 aliphatic carbocycles. The number of anilines is 2. The SMILES string of the molecule is COc1ccc(NC(=O)c2ccc(NC(=O)C[NH+](C)C3CC[NH+](C)CC3)cc2)cc1. The molecule has 0 saturated carbocycles. The van der Waals surface area contributed by atoms with Gasteiger partial charge in [0.15, 0.2) is 6.54 Å². The first-order valence-corrected chi connectivity index (χ1v) is 10.4. The van der Waals surface area contributed by atoms with Crippen molar-refractivity contribution < 1.29 is 24.1 Å². The maximum atomic E-state index is 12.4. The minimum Gasteiger partial charge on any atom is -0.497 e. The molecule has 0 bridgehead atoms. The lowest BCUT2D eigenvalue weighted by molar-refractivity contribution is -0.935. The Bertz CT molecular complexity index is 844. The Morgan fingerprint density at radius 3 is 2.17 bits per heavy atom. The fourth-order valence-electron chi connectivity index (χ4n) is 3.79. The second-order valence-electron chi connectivity index (χ2n) is 8.06. The molecule has 2 aromatic carbocycles. The van der Waals surface area contributed by atoms with Gasteiger partial charge in [0.25, 0.3) is 11.8 Å². The highest BCUT2D eigenvalue weighted by atomic mass is 16.5. The van der Waals surface area contributed by atoms with Gasteiger partial charge in [-0.05, 0) is 48.5 Å². The van der Waals surface area contributed by atoms with Gasteiger partial charge < -0.3 is 25.2 Å². The van der Waals surface area contributed by atoms with Gasteiger partial charge in [0, 0.05) is 29.8 Å². The highest BCUT2D eigenvalue weighted by Gasteiger charge is 2.27. The molecule has 2 amide bonds. The zero-order chi connectivity index (χ0) is 21.5. The standard InChI is InChI=1S/C23H30N4O3/c1-26-14-12-20(13-15-26)27(2)16-22(28)24-18-6-4-17(5-7-18)23(29)25-19-8-10-21(30-3)11-9-19/h4-11,20H,12-16H2,1-3H3,(H,24,28)(H,25,29)/p+2. The number of amides is 2. The van der Waals surface area contributed by atoms with Gasteiger partial charge in [0.05, 0.1) is 40.3 Å². The number of nitrogens with one attached hydrogen (secondary N) is 4. The smallest absolute Gasteiger partial charge is 0.279 e. The van der Waals surface area contributed by atoms with Crippen LogP contribution in [0.3, 0.4) is 0 Å². The number of methoxy groups -OCH3 is 1. The number of benzene rings is 2. The summed E-state index contributed by atoms with van der Waals surface area (Å²) in [6.07, 6.45) is 2.31. The van der Waals surface area contributed by atoms with Crippen LogP contribution in [0.5, 0.6) is 5.75 Å². The first-order chi connectivity index (χ1) is 14.4. The number of carbonyl (C=O) groups is 2. The number of carbonyl (C=O) groups excluding carboxylic acids is 2. The lowest BCUT2D eigenvalue weighted by Gasteiger charge is -2.30. The molecule has 1 fully saturated rings. The molecule has 7 heteroatoms. The maximum Gasteiger partial charge on any atom is 0.279 e. The predicted molar refractivity (Wildman–Crippen MR) is 117 cm³/mol. The summed E-state index contributed by atoms with van der Waals surface area (Å²) in [6, 6.07) is 14.6. The van der Waals surface area contributed by atoms with Crippen LogP contribution in [0.1, 0.15) is 23.2 Å². The molecule has 1 unspecified atom stereocenters. The van der Waals surface area contributed by atoms with E-state index in [-0.39, 0.29) is 11.8 Å². The highest BCUT2D eigenvalue weighted by molar-refractivity contribution is 6.04. The molecule has 1 aliphatic rings. The van der Waals surface area contributed by atoms with Gasteiger partial charge in [-0.25, -0.2) is 0 Å². The Labute approximate surface area is 178 Å². The van der Waals surface area contributed by atoms with Crippen LogP contribution in [0.4, 0.5) is 11.4 Å². The Hall–Kier alpha value is -2.90. The fourth-order valence-corrected chi connectivity index (χ4v) is 3.79. The molecule has 0 radical (unpaired) electrons. The number of hydrogen-bond donors (Lipinski definition) is 4. The highest BCUT2D eigenvalue weighted by Crippen LogP contribution is 2.16. The van der Waals surface area contributed by atoms with Gasteiger partial charge >= 0.3 is 0 Å². The van der Waals surface area contributed by atoms with Gasteiger partial charge in [-0.1, -0.05) is 0 Å². The number of rotatable bonds is 7. The number of ether oxygens (including phenoxy) is 1. The molecular weight excluding hydrogens is 380 g/mol. The van der Waals surface area contributed by atoms with Gasteiger partial charge in [-0.15, -0.1) is 0 Å². The Kier molecular flexibility index (Phi) is 7.43.